The molecule has 0 fully saturated rings. The molecule has 0 bridgehead atoms. The van der Waals surface area contributed by atoms with E-state index in [4.69, 9.17) is 15.6 Å². The zero-order chi connectivity index (χ0) is 15.5. The minimum Gasteiger partial charge on any atom is -0.480 e. The van der Waals surface area contributed by atoms with Crippen molar-refractivity contribution in [3.8, 4) is 0 Å². The van der Waals surface area contributed by atoms with Crippen LogP contribution in [0.2, 0.25) is 0 Å². The van der Waals surface area contributed by atoms with Crippen LogP contribution >= 0.6 is 0 Å². The van der Waals surface area contributed by atoms with Crippen LogP contribution in [-0.4, -0.2) is 60.8 Å². The van der Waals surface area contributed by atoms with Gasteiger partial charge in [0.2, 0.25) is 5.91 Å². The van der Waals surface area contributed by atoms with Crippen molar-refractivity contribution >= 4 is 17.9 Å². The number of methoxy groups -OCH3 is 1. The fourth-order valence-corrected chi connectivity index (χ4v) is 1.42. The average Bonchev–Trinajstić information content (AvgIpc) is 2.38. The van der Waals surface area contributed by atoms with E-state index in [1.165, 1.54) is 18.1 Å². The van der Waals surface area contributed by atoms with Crippen molar-refractivity contribution in [3.05, 3.63) is 12.7 Å². The summed E-state index contributed by atoms with van der Waals surface area (Å²) in [5.41, 5.74) is 4.96. The largest absolute Gasteiger partial charge is 0.480 e. The number of carbonyl (C=O) groups is 3. The van der Waals surface area contributed by atoms with E-state index in [-0.39, 0.29) is 19.4 Å². The number of urea groups is 1. The molecule has 0 spiro atoms. The monoisotopic (exact) mass is 287 g/mol. The molecule has 8 nitrogen and oxygen atoms in total. The van der Waals surface area contributed by atoms with Crippen LogP contribution in [0.3, 0.4) is 0 Å². The molecule has 0 saturated heterocycles. The number of nitrogens with one attached hydrogen (secondary N) is 1. The van der Waals surface area contributed by atoms with Crippen LogP contribution in [0.25, 0.3) is 0 Å². The maximum Gasteiger partial charge on any atom is 0.326 e. The molecule has 0 heterocycles. The summed E-state index contributed by atoms with van der Waals surface area (Å²) < 4.78 is 4.87. The first-order valence-corrected chi connectivity index (χ1v) is 6.08. The van der Waals surface area contributed by atoms with Gasteiger partial charge in [-0.3, -0.25) is 4.79 Å². The van der Waals surface area contributed by atoms with Crippen molar-refractivity contribution in [2.45, 2.75) is 18.9 Å². The highest BCUT2D eigenvalue weighted by molar-refractivity contribution is 5.83. The van der Waals surface area contributed by atoms with Gasteiger partial charge >= 0.3 is 12.0 Å². The van der Waals surface area contributed by atoms with Crippen LogP contribution in [0.5, 0.6) is 0 Å². The Hall–Kier alpha value is -2.09. The van der Waals surface area contributed by atoms with Crippen molar-refractivity contribution in [3.63, 3.8) is 0 Å². The van der Waals surface area contributed by atoms with Gasteiger partial charge in [0.1, 0.15) is 6.04 Å². The number of carboxylic acids is 1. The lowest BCUT2D eigenvalue weighted by molar-refractivity contribution is -0.139. The maximum absolute atomic E-state index is 11.9. The molecule has 0 saturated carbocycles. The minimum absolute atomic E-state index is 0.0530. The fourth-order valence-electron chi connectivity index (χ4n) is 1.42. The summed E-state index contributed by atoms with van der Waals surface area (Å²) in [6.45, 7) is 4.41. The molecule has 0 aliphatic rings. The molecule has 0 aromatic heterocycles. The highest BCUT2D eigenvalue weighted by Gasteiger charge is 2.23. The molecule has 8 heteroatoms. The molecular weight excluding hydrogens is 266 g/mol. The Labute approximate surface area is 117 Å². The molecule has 0 rings (SSSR count). The maximum atomic E-state index is 11.9. The highest BCUT2D eigenvalue weighted by Crippen LogP contribution is 2.00. The summed E-state index contributed by atoms with van der Waals surface area (Å²) in [6.07, 6.45) is 1.35. The van der Waals surface area contributed by atoms with E-state index < -0.39 is 23.9 Å². The van der Waals surface area contributed by atoms with E-state index in [1.54, 1.807) is 0 Å². The molecular formula is C12H21N3O5. The Balaban J connectivity index is 4.56. The molecule has 114 valence electrons. The van der Waals surface area contributed by atoms with Crippen LogP contribution < -0.4 is 11.1 Å². The first-order valence-electron chi connectivity index (χ1n) is 6.08. The summed E-state index contributed by atoms with van der Waals surface area (Å²) in [6, 6.07) is -1.72. The summed E-state index contributed by atoms with van der Waals surface area (Å²) in [4.78, 5) is 35.0. The molecule has 1 atom stereocenters. The van der Waals surface area contributed by atoms with Gasteiger partial charge in [-0.25, -0.2) is 9.59 Å². The van der Waals surface area contributed by atoms with Crippen LogP contribution in [0, 0.1) is 0 Å². The third kappa shape index (κ3) is 7.37. The van der Waals surface area contributed by atoms with Crippen LogP contribution in [0.4, 0.5) is 4.79 Å². The second-order valence-electron chi connectivity index (χ2n) is 4.07. The van der Waals surface area contributed by atoms with Gasteiger partial charge < -0.3 is 25.8 Å². The van der Waals surface area contributed by atoms with Gasteiger partial charge in [0, 0.05) is 26.6 Å². The molecule has 0 aliphatic heterocycles. The van der Waals surface area contributed by atoms with Gasteiger partial charge in [-0.05, 0) is 6.42 Å². The van der Waals surface area contributed by atoms with Gasteiger partial charge in [0.05, 0.1) is 6.61 Å². The van der Waals surface area contributed by atoms with Gasteiger partial charge in [-0.2, -0.15) is 0 Å². The predicted molar refractivity (Wildman–Crippen MR) is 72.0 cm³/mol. The van der Waals surface area contributed by atoms with Crippen molar-refractivity contribution in [2.24, 2.45) is 5.73 Å². The Morgan fingerprint density at radius 2 is 2.15 bits per heavy atom. The number of hydrogen-bond acceptors (Lipinski definition) is 4. The Morgan fingerprint density at radius 1 is 1.50 bits per heavy atom. The smallest absolute Gasteiger partial charge is 0.326 e. The quantitative estimate of drug-likeness (QED) is 0.470. The predicted octanol–water partition coefficient (Wildman–Crippen LogP) is -0.451. The Morgan fingerprint density at radius 3 is 2.60 bits per heavy atom. The lowest BCUT2D eigenvalue weighted by Gasteiger charge is -2.23. The second kappa shape index (κ2) is 9.79. The number of nitrogens with zero attached hydrogens (tertiary/aromatic N) is 1. The summed E-state index contributed by atoms with van der Waals surface area (Å²) in [5.74, 6) is -1.84. The topological polar surface area (TPSA) is 122 Å². The third-order valence-corrected chi connectivity index (χ3v) is 2.48. The lowest BCUT2D eigenvalue weighted by Crippen LogP contribution is -2.49. The van der Waals surface area contributed by atoms with Crippen molar-refractivity contribution in [1.29, 1.82) is 0 Å². The van der Waals surface area contributed by atoms with Crippen LogP contribution in [0.15, 0.2) is 12.7 Å². The fraction of sp³-hybridized carbons (Fsp3) is 0.583. The van der Waals surface area contributed by atoms with E-state index in [9.17, 15) is 14.4 Å². The molecule has 0 radical (unpaired) electrons. The number of hydrogen-bond donors (Lipinski definition) is 3. The number of amides is 3. The van der Waals surface area contributed by atoms with Crippen molar-refractivity contribution in [1.82, 2.24) is 10.2 Å². The number of carbonyl (C=O) groups excluding carboxylic acids is 2. The van der Waals surface area contributed by atoms with Crippen LogP contribution in [-0.2, 0) is 14.3 Å². The molecule has 3 amide bonds. The Kier molecular flexibility index (Phi) is 8.77. The lowest BCUT2D eigenvalue weighted by atomic mass is 10.1. The molecule has 20 heavy (non-hydrogen) atoms. The molecule has 4 N–H and O–H groups in total. The number of carboxylic acid groups (broad SMARTS) is 1. The number of primary amides is 1. The molecule has 0 aromatic carbocycles. The second-order valence-corrected chi connectivity index (χ2v) is 4.07. The van der Waals surface area contributed by atoms with Gasteiger partial charge in [-0.1, -0.05) is 6.08 Å². The van der Waals surface area contributed by atoms with Crippen LogP contribution in [0.1, 0.15) is 12.8 Å². The van der Waals surface area contributed by atoms with E-state index in [1.807, 2.05) is 0 Å². The number of nitrogens with two attached hydrogens (primary N) is 1. The zero-order valence-corrected chi connectivity index (χ0v) is 11.5. The summed E-state index contributed by atoms with van der Waals surface area (Å²) in [5, 5.41) is 11.3. The van der Waals surface area contributed by atoms with E-state index in [2.05, 4.69) is 11.9 Å². The van der Waals surface area contributed by atoms with E-state index in [0.29, 0.717) is 13.2 Å². The highest BCUT2D eigenvalue weighted by atomic mass is 16.5. The van der Waals surface area contributed by atoms with E-state index >= 15 is 0 Å². The first kappa shape index (κ1) is 17.9. The average molecular weight is 287 g/mol. The minimum atomic E-state index is -1.22. The SMILES string of the molecule is C=CCN(CCOC)C(=O)NC(CCC(N)=O)C(=O)O. The molecule has 0 aromatic rings. The van der Waals surface area contributed by atoms with Gasteiger partial charge in [-0.15, -0.1) is 6.58 Å². The molecule has 1 unspecified atom stereocenters. The van der Waals surface area contributed by atoms with Crippen molar-refractivity contribution in [2.75, 3.05) is 26.8 Å². The van der Waals surface area contributed by atoms with E-state index in [0.717, 1.165) is 0 Å². The third-order valence-electron chi connectivity index (χ3n) is 2.48. The number of rotatable bonds is 10. The van der Waals surface area contributed by atoms with Crippen molar-refractivity contribution < 1.29 is 24.2 Å². The van der Waals surface area contributed by atoms with Gasteiger partial charge in [0.25, 0.3) is 0 Å². The summed E-state index contributed by atoms with van der Waals surface area (Å²) in [7, 11) is 1.50. The standard InChI is InChI=1S/C12H21N3O5/c1-3-6-15(7-8-20-2)12(19)14-9(11(17)18)4-5-10(13)16/h3,9H,1,4-8H2,2H3,(H2,13,16)(H,14,19)(H,17,18). The zero-order valence-electron chi connectivity index (χ0n) is 11.5. The summed E-state index contributed by atoms with van der Waals surface area (Å²) >= 11 is 0. The number of aliphatic carboxylic acids is 1. The Bertz CT molecular complexity index is 359. The molecule has 0 aliphatic carbocycles. The van der Waals surface area contributed by atoms with Gasteiger partial charge in [0.15, 0.2) is 0 Å². The first-order chi connectivity index (χ1) is 9.42. The number of ether oxygens (including phenoxy) is 1. The normalized spacial score (nSPS) is 11.4.